The predicted molar refractivity (Wildman–Crippen MR) is 90.3 cm³/mol. The summed E-state index contributed by atoms with van der Waals surface area (Å²) in [4.78, 5) is 28.9. The number of carbonyl (C=O) groups excluding carboxylic acids is 1. The van der Waals surface area contributed by atoms with E-state index in [0.29, 0.717) is 21.8 Å². The van der Waals surface area contributed by atoms with E-state index in [2.05, 4.69) is 4.98 Å². The third-order valence-corrected chi connectivity index (χ3v) is 4.64. The number of para-hydroxylation sites is 1. The number of imidazole rings is 1. The maximum atomic E-state index is 12.3. The summed E-state index contributed by atoms with van der Waals surface area (Å²) in [7, 11) is 1.35. The van der Waals surface area contributed by atoms with Crippen LogP contribution in [-0.4, -0.2) is 22.5 Å². The number of thiazole rings is 1. The Hall–Kier alpha value is -2.93. The van der Waals surface area contributed by atoms with Crippen molar-refractivity contribution < 1.29 is 13.9 Å². The van der Waals surface area contributed by atoms with Gasteiger partial charge in [-0.3, -0.25) is 9.20 Å². The van der Waals surface area contributed by atoms with E-state index in [0.717, 1.165) is 11.1 Å². The van der Waals surface area contributed by atoms with E-state index >= 15 is 0 Å². The number of fused-ring (bicyclic) bond motifs is 2. The van der Waals surface area contributed by atoms with Crippen molar-refractivity contribution in [2.75, 3.05) is 7.11 Å². The lowest BCUT2D eigenvalue weighted by atomic mass is 10.1. The average Bonchev–Trinajstić information content (AvgIpc) is 3.16. The fraction of sp³-hybridized carbons (Fsp3) is 0.118. The normalized spacial score (nSPS) is 11.2. The Morgan fingerprint density at radius 2 is 2.21 bits per heavy atom. The molecule has 0 aliphatic rings. The van der Waals surface area contributed by atoms with Crippen LogP contribution in [-0.2, 0) is 16.0 Å². The van der Waals surface area contributed by atoms with E-state index < -0.39 is 5.63 Å². The van der Waals surface area contributed by atoms with Crippen LogP contribution in [0.2, 0.25) is 0 Å². The predicted octanol–water partition coefficient (Wildman–Crippen LogP) is 2.88. The van der Waals surface area contributed by atoms with Gasteiger partial charge in [-0.15, -0.1) is 11.3 Å². The molecular weight excluding hydrogens is 328 g/mol. The molecular formula is C17H12N2O4S. The lowest BCUT2D eigenvalue weighted by Gasteiger charge is -1.99. The van der Waals surface area contributed by atoms with Crippen LogP contribution >= 0.6 is 11.3 Å². The number of ether oxygens (including phenoxy) is 1. The van der Waals surface area contributed by atoms with Crippen LogP contribution in [0, 0.1) is 0 Å². The number of hydrogen-bond donors (Lipinski definition) is 0. The van der Waals surface area contributed by atoms with Crippen LogP contribution in [0.15, 0.2) is 51.1 Å². The molecule has 0 atom stereocenters. The number of benzene rings is 1. The Morgan fingerprint density at radius 3 is 3.04 bits per heavy atom. The van der Waals surface area contributed by atoms with Gasteiger partial charge in [0.2, 0.25) is 0 Å². The maximum Gasteiger partial charge on any atom is 0.345 e. The molecule has 0 saturated carbocycles. The Labute approximate surface area is 139 Å². The van der Waals surface area contributed by atoms with Gasteiger partial charge in [0.25, 0.3) is 0 Å². The molecule has 0 bridgehead atoms. The molecule has 120 valence electrons. The zero-order valence-corrected chi connectivity index (χ0v) is 13.5. The summed E-state index contributed by atoms with van der Waals surface area (Å²) in [5.41, 5.74) is 1.79. The van der Waals surface area contributed by atoms with Crippen molar-refractivity contribution in [1.29, 1.82) is 0 Å². The molecule has 3 aromatic heterocycles. The molecule has 0 radical (unpaired) electrons. The molecule has 0 unspecified atom stereocenters. The highest BCUT2D eigenvalue weighted by Crippen LogP contribution is 2.24. The third kappa shape index (κ3) is 2.39. The molecule has 24 heavy (non-hydrogen) atoms. The quantitative estimate of drug-likeness (QED) is 0.423. The second-order valence-electron chi connectivity index (χ2n) is 5.24. The van der Waals surface area contributed by atoms with Crippen LogP contribution in [0.5, 0.6) is 0 Å². The van der Waals surface area contributed by atoms with Gasteiger partial charge in [0.05, 0.1) is 24.8 Å². The minimum atomic E-state index is -0.436. The van der Waals surface area contributed by atoms with Crippen molar-refractivity contribution in [2.45, 2.75) is 6.42 Å². The number of nitrogens with zero attached hydrogens (tertiary/aromatic N) is 2. The molecule has 0 aliphatic heterocycles. The number of aromatic nitrogens is 2. The Morgan fingerprint density at radius 1 is 1.38 bits per heavy atom. The summed E-state index contributed by atoms with van der Waals surface area (Å²) in [6, 6.07) is 9.10. The van der Waals surface area contributed by atoms with E-state index in [1.54, 1.807) is 22.7 Å². The van der Waals surface area contributed by atoms with Crippen molar-refractivity contribution in [2.24, 2.45) is 0 Å². The Bertz CT molecular complexity index is 1120. The Balaban J connectivity index is 1.83. The number of carbonyl (C=O) groups is 1. The third-order valence-electron chi connectivity index (χ3n) is 3.75. The van der Waals surface area contributed by atoms with Crippen LogP contribution < -0.4 is 5.63 Å². The average molecular weight is 340 g/mol. The van der Waals surface area contributed by atoms with Gasteiger partial charge < -0.3 is 9.15 Å². The smallest absolute Gasteiger partial charge is 0.345 e. The van der Waals surface area contributed by atoms with Crippen molar-refractivity contribution in [3.8, 4) is 11.3 Å². The highest BCUT2D eigenvalue weighted by atomic mass is 32.1. The molecule has 0 N–H and O–H groups in total. The molecule has 4 aromatic rings. The SMILES string of the molecule is COC(=O)Cc1csc2nc(-c3cc4ccccc4oc3=O)cn12. The summed E-state index contributed by atoms with van der Waals surface area (Å²) >= 11 is 1.40. The minimum absolute atomic E-state index is 0.151. The van der Waals surface area contributed by atoms with Crippen molar-refractivity contribution >= 4 is 33.2 Å². The van der Waals surface area contributed by atoms with Crippen LogP contribution in [0.25, 0.3) is 27.2 Å². The van der Waals surface area contributed by atoms with E-state index in [-0.39, 0.29) is 12.4 Å². The zero-order chi connectivity index (χ0) is 16.7. The second-order valence-corrected chi connectivity index (χ2v) is 6.08. The standard InChI is InChI=1S/C17H12N2O4S/c1-22-15(20)7-11-9-24-17-18-13(8-19(11)17)12-6-10-4-2-3-5-14(10)23-16(12)21/h2-6,8-9H,7H2,1H3. The van der Waals surface area contributed by atoms with Gasteiger partial charge in [0, 0.05) is 22.7 Å². The number of rotatable bonds is 3. The molecule has 6 nitrogen and oxygen atoms in total. The monoisotopic (exact) mass is 340 g/mol. The first kappa shape index (κ1) is 14.6. The van der Waals surface area contributed by atoms with E-state index in [1.165, 1.54) is 18.4 Å². The van der Waals surface area contributed by atoms with E-state index in [1.807, 2.05) is 23.6 Å². The highest BCUT2D eigenvalue weighted by molar-refractivity contribution is 7.15. The van der Waals surface area contributed by atoms with Crippen molar-refractivity contribution in [3.63, 3.8) is 0 Å². The minimum Gasteiger partial charge on any atom is -0.469 e. The lowest BCUT2D eigenvalue weighted by molar-refractivity contribution is -0.139. The van der Waals surface area contributed by atoms with Gasteiger partial charge in [-0.05, 0) is 12.1 Å². The first-order valence-corrected chi connectivity index (χ1v) is 8.09. The summed E-state index contributed by atoms with van der Waals surface area (Å²) < 4.78 is 11.9. The molecule has 1 aromatic carbocycles. The van der Waals surface area contributed by atoms with Gasteiger partial charge >= 0.3 is 11.6 Å². The molecule has 0 saturated heterocycles. The fourth-order valence-electron chi connectivity index (χ4n) is 2.55. The summed E-state index contributed by atoms with van der Waals surface area (Å²) in [6.45, 7) is 0. The lowest BCUT2D eigenvalue weighted by Crippen LogP contribution is -2.06. The Kier molecular flexibility index (Phi) is 3.42. The van der Waals surface area contributed by atoms with Gasteiger partial charge in [0.1, 0.15) is 5.58 Å². The van der Waals surface area contributed by atoms with E-state index in [4.69, 9.17) is 9.15 Å². The first-order chi connectivity index (χ1) is 11.7. The summed E-state index contributed by atoms with van der Waals surface area (Å²) in [5.74, 6) is -0.324. The van der Waals surface area contributed by atoms with Gasteiger partial charge in [-0.25, -0.2) is 9.78 Å². The van der Waals surface area contributed by atoms with E-state index in [9.17, 15) is 9.59 Å². The first-order valence-electron chi connectivity index (χ1n) is 7.21. The van der Waals surface area contributed by atoms with Crippen LogP contribution in [0.4, 0.5) is 0 Å². The summed E-state index contributed by atoms with van der Waals surface area (Å²) in [5, 5.41) is 2.68. The van der Waals surface area contributed by atoms with Crippen molar-refractivity contribution in [1.82, 2.24) is 9.38 Å². The fourth-order valence-corrected chi connectivity index (χ4v) is 3.42. The molecule has 0 amide bonds. The number of esters is 1. The number of methoxy groups -OCH3 is 1. The molecule has 0 aliphatic carbocycles. The summed E-state index contributed by atoms with van der Waals surface area (Å²) in [6.07, 6.45) is 1.89. The van der Waals surface area contributed by atoms with Gasteiger partial charge in [-0.1, -0.05) is 18.2 Å². The largest absolute Gasteiger partial charge is 0.469 e. The maximum absolute atomic E-state index is 12.3. The van der Waals surface area contributed by atoms with Crippen LogP contribution in [0.3, 0.4) is 0 Å². The second kappa shape index (κ2) is 5.61. The van der Waals surface area contributed by atoms with Crippen molar-refractivity contribution in [3.05, 3.63) is 58.0 Å². The molecule has 7 heteroatoms. The molecule has 0 spiro atoms. The zero-order valence-electron chi connectivity index (χ0n) is 12.7. The number of hydrogen-bond acceptors (Lipinski definition) is 6. The molecule has 4 rings (SSSR count). The van der Waals surface area contributed by atoms with Gasteiger partial charge in [0.15, 0.2) is 4.96 Å². The molecule has 0 fully saturated rings. The van der Waals surface area contributed by atoms with Gasteiger partial charge in [-0.2, -0.15) is 0 Å². The van der Waals surface area contributed by atoms with Crippen LogP contribution in [0.1, 0.15) is 5.69 Å². The highest BCUT2D eigenvalue weighted by Gasteiger charge is 2.15. The topological polar surface area (TPSA) is 73.8 Å². The molecule has 3 heterocycles.